The van der Waals surface area contributed by atoms with E-state index in [0.29, 0.717) is 30.8 Å². The zero-order valence-electron chi connectivity index (χ0n) is 21.7. The highest BCUT2D eigenvalue weighted by Gasteiger charge is 2.58. The molecule has 2 atom stereocenters. The second-order valence-corrected chi connectivity index (χ2v) is 9.68. The first-order valence-electron chi connectivity index (χ1n) is 12.4. The Bertz CT molecular complexity index is 1240. The lowest BCUT2D eigenvalue weighted by atomic mass is 9.79. The summed E-state index contributed by atoms with van der Waals surface area (Å²) in [6.07, 6.45) is 0.819. The molecule has 4 amide bonds. The number of urea groups is 2. The van der Waals surface area contributed by atoms with Crippen LogP contribution in [0, 0.1) is 0 Å². The Morgan fingerprint density at radius 3 is 1.87 bits per heavy atom. The highest BCUT2D eigenvalue weighted by atomic mass is 32.1. The minimum Gasteiger partial charge on any atom is -0.479 e. The molecule has 0 aliphatic carbocycles. The summed E-state index contributed by atoms with van der Waals surface area (Å²) in [7, 11) is 1.72. The number of anilines is 2. The quantitative estimate of drug-likeness (QED) is 0.470. The van der Waals surface area contributed by atoms with Gasteiger partial charge in [-0.3, -0.25) is 4.90 Å². The smallest absolute Gasteiger partial charge is 0.331 e. The molecule has 0 radical (unpaired) electrons. The van der Waals surface area contributed by atoms with Crippen molar-refractivity contribution in [2.45, 2.75) is 31.0 Å². The number of piperazine rings is 1. The van der Waals surface area contributed by atoms with Gasteiger partial charge in [0.2, 0.25) is 0 Å². The Kier molecular flexibility index (Phi) is 9.58. The molecule has 0 saturated carbocycles. The van der Waals surface area contributed by atoms with Crippen LogP contribution in [0.2, 0.25) is 0 Å². The number of nitrogens with zero attached hydrogens (tertiary/aromatic N) is 4. The fourth-order valence-corrected chi connectivity index (χ4v) is 5.41. The Balaban J connectivity index is 0.00000210. The first kappa shape index (κ1) is 29.9. The average molecular weight is 567 g/mol. The third-order valence-corrected chi connectivity index (χ3v) is 7.36. The number of carboxylic acids is 1. The minimum atomic E-state index is -1.50. The number of rotatable bonds is 5. The van der Waals surface area contributed by atoms with Gasteiger partial charge in [-0.15, -0.1) is 0 Å². The summed E-state index contributed by atoms with van der Waals surface area (Å²) in [6.45, 7) is 0.530. The molecule has 6 rings (SSSR count). The molecule has 3 heterocycles. The SMILES string of the molecule is CN(Cc1ccccc1)C(=O)N1C[C@@]2(C(=O)O)CC[C@H]1CN2C(=O)N(c1ccccc1)c1ccccc1.S.S. The molecule has 39 heavy (non-hydrogen) atoms. The van der Waals surface area contributed by atoms with Crippen LogP contribution in [0.1, 0.15) is 18.4 Å². The average Bonchev–Trinajstić information content (AvgIpc) is 2.94. The van der Waals surface area contributed by atoms with Crippen molar-refractivity contribution >= 4 is 56.4 Å². The molecule has 8 nitrogen and oxygen atoms in total. The number of amides is 4. The molecule has 0 unspecified atom stereocenters. The predicted octanol–water partition coefficient (Wildman–Crippen LogP) is 5.03. The molecule has 3 aromatic carbocycles. The minimum absolute atomic E-state index is 0. The van der Waals surface area contributed by atoms with Gasteiger partial charge in [0, 0.05) is 20.1 Å². The first-order valence-corrected chi connectivity index (χ1v) is 12.4. The maximum Gasteiger partial charge on any atom is 0.331 e. The van der Waals surface area contributed by atoms with Crippen molar-refractivity contribution in [3.8, 4) is 0 Å². The van der Waals surface area contributed by atoms with Crippen molar-refractivity contribution in [2.75, 3.05) is 25.0 Å². The number of benzene rings is 3. The Labute approximate surface area is 242 Å². The maximum atomic E-state index is 14.1. The number of hydrogen-bond acceptors (Lipinski definition) is 3. The summed E-state index contributed by atoms with van der Waals surface area (Å²) >= 11 is 0. The third-order valence-electron chi connectivity index (χ3n) is 7.36. The number of carbonyl (C=O) groups excluding carboxylic acids is 2. The molecule has 3 saturated heterocycles. The zero-order chi connectivity index (χ0) is 26.0. The summed E-state index contributed by atoms with van der Waals surface area (Å²) in [4.78, 5) is 46.7. The van der Waals surface area contributed by atoms with Crippen LogP contribution in [0.3, 0.4) is 0 Å². The lowest BCUT2D eigenvalue weighted by molar-refractivity contribution is -0.160. The van der Waals surface area contributed by atoms with Gasteiger partial charge in [-0.2, -0.15) is 27.0 Å². The molecular formula is C29H34N4O4S2. The number of piperidine rings is 2. The van der Waals surface area contributed by atoms with Crippen molar-refractivity contribution in [1.82, 2.24) is 14.7 Å². The fraction of sp³-hybridized carbons (Fsp3) is 0.276. The summed E-state index contributed by atoms with van der Waals surface area (Å²) in [5.74, 6) is -1.09. The second-order valence-electron chi connectivity index (χ2n) is 9.68. The third kappa shape index (κ3) is 5.72. The Hall–Kier alpha value is -3.63. The topological polar surface area (TPSA) is 84.4 Å². The highest BCUT2D eigenvalue weighted by Crippen LogP contribution is 2.40. The van der Waals surface area contributed by atoms with Crippen LogP contribution >= 0.6 is 27.0 Å². The lowest BCUT2D eigenvalue weighted by Gasteiger charge is -2.57. The summed E-state index contributed by atoms with van der Waals surface area (Å²) in [5.41, 5.74) is 0.788. The molecule has 206 valence electrons. The second kappa shape index (κ2) is 12.5. The van der Waals surface area contributed by atoms with Gasteiger partial charge in [-0.1, -0.05) is 66.7 Å². The van der Waals surface area contributed by atoms with Gasteiger partial charge in [0.05, 0.1) is 24.0 Å². The summed E-state index contributed by atoms with van der Waals surface area (Å²) in [6, 6.07) is 27.2. The van der Waals surface area contributed by atoms with E-state index in [0.717, 1.165) is 5.56 Å². The van der Waals surface area contributed by atoms with Crippen LogP contribution < -0.4 is 4.90 Å². The largest absolute Gasteiger partial charge is 0.479 e. The number of fused-ring (bicyclic) bond motifs is 3. The van der Waals surface area contributed by atoms with Crippen molar-refractivity contribution in [2.24, 2.45) is 0 Å². The van der Waals surface area contributed by atoms with Crippen LogP contribution in [0.15, 0.2) is 91.0 Å². The molecule has 1 N–H and O–H groups in total. The van der Waals surface area contributed by atoms with Crippen LogP contribution in [0.5, 0.6) is 0 Å². The predicted molar refractivity (Wildman–Crippen MR) is 161 cm³/mol. The molecule has 3 fully saturated rings. The van der Waals surface area contributed by atoms with Gasteiger partial charge >= 0.3 is 18.0 Å². The number of aliphatic carboxylic acids is 1. The van der Waals surface area contributed by atoms with E-state index in [1.165, 1.54) is 4.90 Å². The van der Waals surface area contributed by atoms with Gasteiger partial charge in [0.1, 0.15) is 0 Å². The van der Waals surface area contributed by atoms with Crippen molar-refractivity contribution in [1.29, 1.82) is 0 Å². The molecule has 3 aliphatic heterocycles. The van der Waals surface area contributed by atoms with E-state index in [9.17, 15) is 19.5 Å². The van der Waals surface area contributed by atoms with E-state index in [1.54, 1.807) is 21.7 Å². The van der Waals surface area contributed by atoms with Gasteiger partial charge in [-0.05, 0) is 42.7 Å². The highest BCUT2D eigenvalue weighted by molar-refractivity contribution is 7.59. The van der Waals surface area contributed by atoms with Crippen molar-refractivity contribution in [3.05, 3.63) is 96.6 Å². The lowest BCUT2D eigenvalue weighted by Crippen LogP contribution is -2.76. The van der Waals surface area contributed by atoms with Crippen LogP contribution in [0.25, 0.3) is 0 Å². The van der Waals surface area contributed by atoms with Crippen LogP contribution in [-0.2, 0) is 11.3 Å². The van der Waals surface area contributed by atoms with E-state index in [-0.39, 0.29) is 52.2 Å². The van der Waals surface area contributed by atoms with Crippen molar-refractivity contribution in [3.63, 3.8) is 0 Å². The van der Waals surface area contributed by atoms with E-state index in [1.807, 2.05) is 91.0 Å². The number of hydrogen-bond donors (Lipinski definition) is 1. The number of carboxylic acid groups (broad SMARTS) is 1. The molecule has 2 bridgehead atoms. The van der Waals surface area contributed by atoms with E-state index in [4.69, 9.17) is 0 Å². The molecule has 3 aliphatic rings. The maximum absolute atomic E-state index is 14.1. The standard InChI is InChI=1S/C29H30N4O4.2H2S/c1-30(19-22-11-5-2-6-12-22)27(36)31-21-29(26(34)35)18-17-25(31)20-32(29)28(37)33(23-13-7-3-8-14-23)24-15-9-4-10-16-24;;/h2-16,25H,17-21H2,1H3,(H,34,35);2*1H2/t25-,29+;;/m0../s1. The molecular weight excluding hydrogens is 532 g/mol. The first-order chi connectivity index (χ1) is 17.9. The number of carbonyl (C=O) groups is 3. The van der Waals surface area contributed by atoms with Gasteiger partial charge in [0.15, 0.2) is 5.54 Å². The van der Waals surface area contributed by atoms with E-state index >= 15 is 0 Å². The fourth-order valence-electron chi connectivity index (χ4n) is 5.41. The van der Waals surface area contributed by atoms with Crippen LogP contribution in [0.4, 0.5) is 21.0 Å². The zero-order valence-corrected chi connectivity index (χ0v) is 23.7. The molecule has 10 heteroatoms. The van der Waals surface area contributed by atoms with E-state index in [2.05, 4.69) is 0 Å². The Morgan fingerprint density at radius 1 is 0.846 bits per heavy atom. The van der Waals surface area contributed by atoms with Crippen molar-refractivity contribution < 1.29 is 19.5 Å². The van der Waals surface area contributed by atoms with E-state index < -0.39 is 17.5 Å². The molecule has 0 spiro atoms. The Morgan fingerprint density at radius 2 is 1.36 bits per heavy atom. The monoisotopic (exact) mass is 566 g/mol. The van der Waals surface area contributed by atoms with Gasteiger partial charge in [-0.25, -0.2) is 14.4 Å². The van der Waals surface area contributed by atoms with Gasteiger partial charge < -0.3 is 19.8 Å². The number of para-hydroxylation sites is 2. The van der Waals surface area contributed by atoms with Gasteiger partial charge in [0.25, 0.3) is 0 Å². The molecule has 3 aromatic rings. The summed E-state index contributed by atoms with van der Waals surface area (Å²) < 4.78 is 0. The normalized spacial score (nSPS) is 19.4. The summed E-state index contributed by atoms with van der Waals surface area (Å²) in [5, 5.41) is 10.5. The molecule has 0 aromatic heterocycles. The van der Waals surface area contributed by atoms with Crippen LogP contribution in [-0.4, -0.2) is 69.6 Å².